The molecule has 4 nitrogen and oxygen atoms in total. The van der Waals surface area contributed by atoms with Crippen LogP contribution in [0.2, 0.25) is 0 Å². The van der Waals surface area contributed by atoms with E-state index in [-0.39, 0.29) is 6.03 Å². The van der Waals surface area contributed by atoms with E-state index in [0.717, 1.165) is 25.0 Å². The lowest BCUT2D eigenvalue weighted by Gasteiger charge is -2.31. The van der Waals surface area contributed by atoms with Crippen LogP contribution >= 0.6 is 0 Å². The van der Waals surface area contributed by atoms with Gasteiger partial charge in [-0.1, -0.05) is 37.5 Å². The minimum Gasteiger partial charge on any atom is -0.324 e. The molecule has 1 amide bonds. The Morgan fingerprint density at radius 2 is 1.88 bits per heavy atom. The Morgan fingerprint density at radius 3 is 2.54 bits per heavy atom. The molecule has 2 aromatic rings. The van der Waals surface area contributed by atoms with Crippen LogP contribution in [-0.4, -0.2) is 33.6 Å². The van der Waals surface area contributed by atoms with E-state index >= 15 is 0 Å². The molecule has 1 aliphatic rings. The minimum atomic E-state index is 0.0298. The summed E-state index contributed by atoms with van der Waals surface area (Å²) in [5.74, 6) is 0. The molecule has 1 aromatic carbocycles. The van der Waals surface area contributed by atoms with Crippen LogP contribution in [0.1, 0.15) is 54.5 Å². The minimum absolute atomic E-state index is 0.0298. The number of rotatable bonds is 3. The molecule has 4 heteroatoms. The average molecular weight is 325 g/mol. The van der Waals surface area contributed by atoms with Gasteiger partial charge in [-0.25, -0.2) is 9.78 Å². The third-order valence-corrected chi connectivity index (χ3v) is 5.28. The molecule has 0 bridgehead atoms. The van der Waals surface area contributed by atoms with Crippen molar-refractivity contribution >= 4 is 6.03 Å². The van der Waals surface area contributed by atoms with Gasteiger partial charge in [0.25, 0.3) is 0 Å². The molecule has 3 rings (SSSR count). The van der Waals surface area contributed by atoms with Gasteiger partial charge in [0.1, 0.15) is 6.33 Å². The summed E-state index contributed by atoms with van der Waals surface area (Å²) in [6.45, 7) is 4.25. The van der Waals surface area contributed by atoms with Crippen molar-refractivity contribution in [3.8, 4) is 0 Å². The molecule has 1 heterocycles. The number of hydrogen-bond acceptors (Lipinski definition) is 2. The number of hydrogen-bond donors (Lipinski definition) is 0. The molecule has 0 spiro atoms. The van der Waals surface area contributed by atoms with Crippen LogP contribution in [0.5, 0.6) is 0 Å². The van der Waals surface area contributed by atoms with Crippen LogP contribution < -0.4 is 0 Å². The summed E-state index contributed by atoms with van der Waals surface area (Å²) >= 11 is 0. The van der Waals surface area contributed by atoms with Crippen LogP contribution in [0.15, 0.2) is 30.7 Å². The van der Waals surface area contributed by atoms with Crippen molar-refractivity contribution in [1.29, 1.82) is 0 Å². The average Bonchev–Trinajstić information content (AvgIpc) is 3.06. The lowest BCUT2D eigenvalue weighted by molar-refractivity contribution is 0.175. The Hall–Kier alpha value is -2.10. The molecule has 1 saturated carbocycles. The molecule has 0 N–H and O–H groups in total. The second-order valence-electron chi connectivity index (χ2n) is 7.00. The molecule has 0 atom stereocenters. The summed E-state index contributed by atoms with van der Waals surface area (Å²) in [6, 6.07) is 6.73. The number of nitrogens with zero attached hydrogens (tertiary/aromatic N) is 3. The van der Waals surface area contributed by atoms with Crippen LogP contribution in [0, 0.1) is 13.8 Å². The fraction of sp³-hybridized carbons (Fsp3) is 0.500. The highest BCUT2D eigenvalue weighted by Crippen LogP contribution is 2.22. The number of imidazole rings is 1. The highest BCUT2D eigenvalue weighted by Gasteiger charge is 2.23. The van der Waals surface area contributed by atoms with Gasteiger partial charge in [0.05, 0.1) is 5.69 Å². The van der Waals surface area contributed by atoms with Crippen molar-refractivity contribution in [2.24, 2.45) is 0 Å². The first-order chi connectivity index (χ1) is 11.6. The Bertz CT molecular complexity index is 693. The molecule has 0 saturated heterocycles. The molecule has 0 aliphatic heterocycles. The van der Waals surface area contributed by atoms with Crippen molar-refractivity contribution in [2.75, 3.05) is 7.05 Å². The van der Waals surface area contributed by atoms with E-state index in [1.807, 2.05) is 18.1 Å². The highest BCUT2D eigenvalue weighted by molar-refractivity contribution is 5.76. The van der Waals surface area contributed by atoms with Gasteiger partial charge < -0.3 is 4.90 Å². The predicted octanol–water partition coefficient (Wildman–Crippen LogP) is 4.32. The SMILES string of the molecule is Cc1cccc(C)c1Cc1cn(C(=O)N(C)C2CCCCC2)cn1. The van der Waals surface area contributed by atoms with Gasteiger partial charge in [0.15, 0.2) is 0 Å². The van der Waals surface area contributed by atoms with Crippen molar-refractivity contribution in [3.63, 3.8) is 0 Å². The van der Waals surface area contributed by atoms with Crippen LogP contribution in [0.3, 0.4) is 0 Å². The Balaban J connectivity index is 1.72. The normalized spacial score (nSPS) is 15.5. The topological polar surface area (TPSA) is 38.1 Å². The quantitative estimate of drug-likeness (QED) is 0.843. The van der Waals surface area contributed by atoms with Crippen molar-refractivity contribution in [1.82, 2.24) is 14.5 Å². The van der Waals surface area contributed by atoms with E-state index in [1.165, 1.54) is 36.0 Å². The molecular weight excluding hydrogens is 298 g/mol. The number of benzene rings is 1. The molecule has 1 aromatic heterocycles. The maximum atomic E-state index is 12.7. The van der Waals surface area contributed by atoms with Crippen molar-refractivity contribution < 1.29 is 4.79 Å². The van der Waals surface area contributed by atoms with E-state index in [0.29, 0.717) is 6.04 Å². The predicted molar refractivity (Wildman–Crippen MR) is 96.4 cm³/mol. The summed E-state index contributed by atoms with van der Waals surface area (Å²) in [7, 11) is 1.92. The van der Waals surface area contributed by atoms with Crippen LogP contribution in [0.4, 0.5) is 4.79 Å². The fourth-order valence-electron chi connectivity index (χ4n) is 3.68. The number of carbonyl (C=O) groups excluding carboxylic acids is 1. The molecule has 1 fully saturated rings. The van der Waals surface area contributed by atoms with E-state index in [9.17, 15) is 4.79 Å². The van der Waals surface area contributed by atoms with E-state index in [1.54, 1.807) is 10.9 Å². The maximum Gasteiger partial charge on any atom is 0.329 e. The van der Waals surface area contributed by atoms with Gasteiger partial charge in [-0.15, -0.1) is 0 Å². The Labute approximate surface area is 144 Å². The highest BCUT2D eigenvalue weighted by atomic mass is 16.2. The number of amides is 1. The number of carbonyl (C=O) groups is 1. The van der Waals surface area contributed by atoms with Gasteiger partial charge in [0, 0.05) is 25.7 Å². The van der Waals surface area contributed by atoms with Gasteiger partial charge in [-0.05, 0) is 43.4 Å². The standard InChI is InChI=1S/C20H27N3O/c1-15-8-7-9-16(2)19(15)12-17-13-23(14-21-17)20(24)22(3)18-10-5-4-6-11-18/h7-9,13-14,18H,4-6,10-12H2,1-3H3. The van der Waals surface area contributed by atoms with Gasteiger partial charge >= 0.3 is 6.03 Å². The summed E-state index contributed by atoms with van der Waals surface area (Å²) < 4.78 is 1.64. The fourth-order valence-corrected chi connectivity index (χ4v) is 3.68. The van der Waals surface area contributed by atoms with Crippen molar-refractivity contribution in [2.45, 2.75) is 58.4 Å². The Morgan fingerprint density at radius 1 is 1.21 bits per heavy atom. The molecule has 1 aliphatic carbocycles. The first-order valence-corrected chi connectivity index (χ1v) is 8.91. The third kappa shape index (κ3) is 3.53. The van der Waals surface area contributed by atoms with Gasteiger partial charge in [-0.3, -0.25) is 4.57 Å². The number of aryl methyl sites for hydroxylation is 2. The monoisotopic (exact) mass is 325 g/mol. The first kappa shape index (κ1) is 16.7. The summed E-state index contributed by atoms with van der Waals surface area (Å²) in [6.07, 6.45) is 10.3. The smallest absolute Gasteiger partial charge is 0.324 e. The van der Waals surface area contributed by atoms with Crippen LogP contribution in [0.25, 0.3) is 0 Å². The summed E-state index contributed by atoms with van der Waals surface area (Å²) in [5, 5.41) is 0. The van der Waals surface area contributed by atoms with Gasteiger partial charge in [-0.2, -0.15) is 0 Å². The van der Waals surface area contributed by atoms with E-state index < -0.39 is 0 Å². The molecule has 24 heavy (non-hydrogen) atoms. The maximum absolute atomic E-state index is 12.7. The molecule has 0 unspecified atom stereocenters. The number of aromatic nitrogens is 2. The molecular formula is C20H27N3O. The third-order valence-electron chi connectivity index (χ3n) is 5.28. The zero-order valence-electron chi connectivity index (χ0n) is 15.0. The van der Waals surface area contributed by atoms with Crippen LogP contribution in [-0.2, 0) is 6.42 Å². The lowest BCUT2D eigenvalue weighted by Crippen LogP contribution is -2.40. The zero-order valence-corrected chi connectivity index (χ0v) is 15.0. The summed E-state index contributed by atoms with van der Waals surface area (Å²) in [4.78, 5) is 19.0. The first-order valence-electron chi connectivity index (χ1n) is 8.91. The molecule has 128 valence electrons. The van der Waals surface area contributed by atoms with Gasteiger partial charge in [0.2, 0.25) is 0 Å². The second-order valence-corrected chi connectivity index (χ2v) is 7.00. The largest absolute Gasteiger partial charge is 0.329 e. The zero-order chi connectivity index (χ0) is 17.1. The molecule has 0 radical (unpaired) electrons. The lowest BCUT2D eigenvalue weighted by atomic mass is 9.95. The van der Waals surface area contributed by atoms with E-state index in [2.05, 4.69) is 37.0 Å². The second kappa shape index (κ2) is 7.20. The Kier molecular flexibility index (Phi) is 5.03. The van der Waals surface area contributed by atoms with E-state index in [4.69, 9.17) is 0 Å². The van der Waals surface area contributed by atoms with Crippen molar-refractivity contribution in [3.05, 3.63) is 53.1 Å². The summed E-state index contributed by atoms with van der Waals surface area (Å²) in [5.41, 5.74) is 4.79.